The first-order valence-electron chi connectivity index (χ1n) is 9.73. The van der Waals surface area contributed by atoms with Crippen LogP contribution in [0.5, 0.6) is 0 Å². The maximum Gasteiger partial charge on any atom is 0.266 e. The van der Waals surface area contributed by atoms with E-state index in [0.29, 0.717) is 0 Å². The van der Waals surface area contributed by atoms with Crippen molar-refractivity contribution in [3.8, 4) is 0 Å². The van der Waals surface area contributed by atoms with Crippen molar-refractivity contribution in [2.24, 2.45) is 0 Å². The number of carbonyl (C=O) groups is 1. The van der Waals surface area contributed by atoms with Crippen LogP contribution in [-0.4, -0.2) is 56.2 Å². The van der Waals surface area contributed by atoms with Crippen LogP contribution in [0.4, 0.5) is 0 Å². The van der Waals surface area contributed by atoms with Crippen molar-refractivity contribution in [2.45, 2.75) is 29.6 Å². The van der Waals surface area contributed by atoms with E-state index in [2.05, 4.69) is 0 Å². The van der Waals surface area contributed by atoms with Crippen LogP contribution in [0.15, 0.2) is 52.3 Å². The molecule has 0 radical (unpaired) electrons. The van der Waals surface area contributed by atoms with E-state index in [4.69, 9.17) is 11.6 Å². The molecule has 0 aromatic heterocycles. The van der Waals surface area contributed by atoms with Crippen LogP contribution in [0.2, 0.25) is 5.02 Å². The van der Waals surface area contributed by atoms with Gasteiger partial charge in [0.05, 0.1) is 33.5 Å². The van der Waals surface area contributed by atoms with E-state index in [1.165, 1.54) is 28.6 Å². The molecule has 174 valence electrons. The van der Waals surface area contributed by atoms with E-state index in [-0.39, 0.29) is 50.9 Å². The minimum absolute atomic E-state index is 0.0912. The van der Waals surface area contributed by atoms with Crippen LogP contribution < -0.4 is 4.72 Å². The summed E-state index contributed by atoms with van der Waals surface area (Å²) in [5.74, 6) is -0.369. The molecule has 1 aliphatic rings. The minimum Gasteiger partial charge on any atom is -0.616 e. The number of nitrogens with one attached hydrogen (secondary N) is 1. The summed E-state index contributed by atoms with van der Waals surface area (Å²) in [6.45, 7) is 4.13. The third-order valence-electron chi connectivity index (χ3n) is 5.04. The monoisotopic (exact) mass is 518 g/mol. The number of hydrogen-bond acceptors (Lipinski definition) is 6. The largest absolute Gasteiger partial charge is 0.616 e. The van der Waals surface area contributed by atoms with Gasteiger partial charge in [-0.05, 0) is 41.8 Å². The molecule has 8 nitrogen and oxygen atoms in total. The molecular weight excluding hydrogens is 496 g/mol. The summed E-state index contributed by atoms with van der Waals surface area (Å²) >= 11 is 5.01. The lowest BCUT2D eigenvalue weighted by Crippen LogP contribution is -2.43. The summed E-state index contributed by atoms with van der Waals surface area (Å²) in [6.07, 6.45) is 0. The van der Waals surface area contributed by atoms with Gasteiger partial charge in [0.1, 0.15) is 11.5 Å². The van der Waals surface area contributed by atoms with Crippen LogP contribution in [0.1, 0.15) is 35.7 Å². The van der Waals surface area contributed by atoms with E-state index < -0.39 is 37.1 Å². The third-order valence-corrected chi connectivity index (χ3v) is 9.89. The molecule has 12 heteroatoms. The smallest absolute Gasteiger partial charge is 0.266 e. The molecule has 0 bridgehead atoms. The molecule has 1 heterocycles. The van der Waals surface area contributed by atoms with Crippen molar-refractivity contribution in [3.63, 3.8) is 0 Å². The second kappa shape index (κ2) is 9.70. The number of sulfonamides is 2. The van der Waals surface area contributed by atoms with Crippen molar-refractivity contribution in [2.75, 3.05) is 24.6 Å². The van der Waals surface area contributed by atoms with Crippen molar-refractivity contribution in [1.29, 1.82) is 0 Å². The fraction of sp³-hybridized carbons (Fsp3) is 0.350. The Kier molecular flexibility index (Phi) is 7.58. The van der Waals surface area contributed by atoms with Gasteiger partial charge in [-0.15, -0.1) is 0 Å². The summed E-state index contributed by atoms with van der Waals surface area (Å²) in [5.41, 5.74) is 0.661. The van der Waals surface area contributed by atoms with Crippen LogP contribution >= 0.6 is 11.6 Å². The molecule has 1 N–H and O–H groups in total. The fourth-order valence-electron chi connectivity index (χ4n) is 3.12. The van der Waals surface area contributed by atoms with Crippen molar-refractivity contribution >= 4 is 48.7 Å². The van der Waals surface area contributed by atoms with E-state index in [1.54, 1.807) is 12.1 Å². The first kappa shape index (κ1) is 25.0. The molecule has 1 aliphatic heterocycles. The summed E-state index contributed by atoms with van der Waals surface area (Å²) < 4.78 is 65.7. The van der Waals surface area contributed by atoms with Gasteiger partial charge in [0.15, 0.2) is 0 Å². The Morgan fingerprint density at radius 3 is 2.16 bits per heavy atom. The lowest BCUT2D eigenvalue weighted by atomic mass is 10.0. The molecule has 1 amide bonds. The average Bonchev–Trinajstić information content (AvgIpc) is 2.74. The Bertz CT molecular complexity index is 1210. The van der Waals surface area contributed by atoms with Gasteiger partial charge in [-0.2, -0.15) is 4.31 Å². The maximum absolute atomic E-state index is 12.9. The van der Waals surface area contributed by atoms with Gasteiger partial charge >= 0.3 is 0 Å². The van der Waals surface area contributed by atoms with Crippen LogP contribution in [0.3, 0.4) is 0 Å². The van der Waals surface area contributed by atoms with E-state index in [1.807, 2.05) is 18.6 Å². The number of halogens is 1. The highest BCUT2D eigenvalue weighted by atomic mass is 35.5. The first-order valence-corrected chi connectivity index (χ1v) is 14.5. The second-order valence-electron chi connectivity index (χ2n) is 7.55. The van der Waals surface area contributed by atoms with Crippen molar-refractivity contribution in [3.05, 3.63) is 58.6 Å². The highest BCUT2D eigenvalue weighted by Crippen LogP contribution is 2.25. The predicted molar refractivity (Wildman–Crippen MR) is 123 cm³/mol. The molecule has 2 aromatic rings. The lowest BCUT2D eigenvalue weighted by Gasteiger charge is -2.27. The number of benzene rings is 2. The summed E-state index contributed by atoms with van der Waals surface area (Å²) in [7, 11) is -8.15. The molecule has 1 saturated heterocycles. The standard InChI is InChI=1S/C20H23ClN2O6S3/c1-14(2)15-3-5-16(6-4-15)31(26,27)22-20(24)18-13-17(7-8-19(18)21)32(28,29)23-9-11-30(25)12-10-23/h3-8,13-14H,9-12H2,1-2H3,(H,22,24). The maximum atomic E-state index is 12.9. The predicted octanol–water partition coefficient (Wildman–Crippen LogP) is 2.34. The Hall–Kier alpha value is -1.63. The van der Waals surface area contributed by atoms with Gasteiger partial charge in [-0.25, -0.2) is 21.6 Å². The van der Waals surface area contributed by atoms with Gasteiger partial charge in [0.25, 0.3) is 15.9 Å². The average molecular weight is 519 g/mol. The number of rotatable bonds is 6. The highest BCUT2D eigenvalue weighted by molar-refractivity contribution is 7.92. The minimum atomic E-state index is -4.19. The zero-order valence-corrected chi connectivity index (χ0v) is 20.7. The molecule has 0 aliphatic carbocycles. The Labute approximate surface area is 196 Å². The van der Waals surface area contributed by atoms with Gasteiger partial charge in [-0.3, -0.25) is 4.79 Å². The molecule has 0 atom stereocenters. The van der Waals surface area contributed by atoms with Crippen LogP contribution in [0.25, 0.3) is 0 Å². The van der Waals surface area contributed by atoms with Gasteiger partial charge in [0, 0.05) is 0 Å². The second-order valence-corrected chi connectivity index (χ2v) is 13.3. The fourth-order valence-corrected chi connectivity index (χ4v) is 7.04. The molecular formula is C20H23ClN2O6S3. The van der Waals surface area contributed by atoms with E-state index in [9.17, 15) is 26.2 Å². The highest BCUT2D eigenvalue weighted by Gasteiger charge is 2.31. The molecule has 3 rings (SSSR count). The molecule has 0 spiro atoms. The summed E-state index contributed by atoms with van der Waals surface area (Å²) in [5, 5.41) is -0.0912. The zero-order valence-electron chi connectivity index (χ0n) is 17.4. The molecule has 0 saturated carbocycles. The number of hydrogen-bond donors (Lipinski definition) is 1. The van der Waals surface area contributed by atoms with Gasteiger partial charge in [0.2, 0.25) is 10.0 Å². The zero-order chi connectivity index (χ0) is 23.7. The SMILES string of the molecule is CC(C)c1ccc(S(=O)(=O)NC(=O)c2cc(S(=O)(=O)N3CC[S+]([O-])CC3)ccc2Cl)cc1. The van der Waals surface area contributed by atoms with Crippen LogP contribution in [-0.2, 0) is 31.2 Å². The van der Waals surface area contributed by atoms with Crippen molar-refractivity contribution < 1.29 is 26.2 Å². The van der Waals surface area contributed by atoms with Crippen LogP contribution in [0, 0.1) is 0 Å². The van der Waals surface area contributed by atoms with Gasteiger partial charge in [-0.1, -0.05) is 48.8 Å². The normalized spacial score (nSPS) is 16.3. The Morgan fingerprint density at radius 1 is 1.03 bits per heavy atom. The first-order chi connectivity index (χ1) is 14.9. The molecule has 2 aromatic carbocycles. The third kappa shape index (κ3) is 5.46. The molecule has 0 unspecified atom stereocenters. The number of carbonyl (C=O) groups excluding carboxylic acids is 1. The molecule has 1 fully saturated rings. The Morgan fingerprint density at radius 2 is 1.59 bits per heavy atom. The van der Waals surface area contributed by atoms with Crippen molar-refractivity contribution in [1.82, 2.24) is 9.03 Å². The number of amides is 1. The Balaban J connectivity index is 1.85. The quantitative estimate of drug-likeness (QED) is 0.585. The van der Waals surface area contributed by atoms with E-state index >= 15 is 0 Å². The lowest BCUT2D eigenvalue weighted by molar-refractivity contribution is 0.0981. The topological polar surface area (TPSA) is 124 Å². The summed E-state index contributed by atoms with van der Waals surface area (Å²) in [4.78, 5) is 12.4. The molecule has 32 heavy (non-hydrogen) atoms. The summed E-state index contributed by atoms with van der Waals surface area (Å²) in [6, 6.07) is 9.65. The number of nitrogens with zero attached hydrogens (tertiary/aromatic N) is 1. The van der Waals surface area contributed by atoms with Gasteiger partial charge < -0.3 is 4.55 Å². The van der Waals surface area contributed by atoms with E-state index in [0.717, 1.165) is 11.6 Å².